The van der Waals surface area contributed by atoms with Crippen molar-refractivity contribution in [2.24, 2.45) is 0 Å². The van der Waals surface area contributed by atoms with Crippen LogP contribution in [0.2, 0.25) is 0 Å². The molecule has 2 nitrogen and oxygen atoms in total. The van der Waals surface area contributed by atoms with Crippen molar-refractivity contribution in [3.05, 3.63) is 58.1 Å². The fourth-order valence-corrected chi connectivity index (χ4v) is 2.35. The summed E-state index contributed by atoms with van der Waals surface area (Å²) < 4.78 is 5.85. The Morgan fingerprint density at radius 2 is 1.63 bits per heavy atom. The molecule has 0 saturated carbocycles. The summed E-state index contributed by atoms with van der Waals surface area (Å²) in [5.41, 5.74) is 5.76. The molecule has 0 bridgehead atoms. The van der Waals surface area contributed by atoms with Gasteiger partial charge in [0.1, 0.15) is 18.1 Å². The molecule has 19 heavy (non-hydrogen) atoms. The van der Waals surface area contributed by atoms with Crippen LogP contribution in [0.25, 0.3) is 0 Å². The average molecular weight is 256 g/mol. The van der Waals surface area contributed by atoms with Gasteiger partial charge in [-0.3, -0.25) is 0 Å². The zero-order valence-electron chi connectivity index (χ0n) is 11.9. The second-order valence-corrected chi connectivity index (χ2v) is 5.07. The summed E-state index contributed by atoms with van der Waals surface area (Å²) in [6, 6.07) is 9.69. The van der Waals surface area contributed by atoms with E-state index >= 15 is 0 Å². The molecular formula is C17H20O2. The van der Waals surface area contributed by atoms with E-state index in [0.717, 1.165) is 11.3 Å². The quantitative estimate of drug-likeness (QED) is 0.891. The van der Waals surface area contributed by atoms with Crippen LogP contribution >= 0.6 is 0 Å². The Kier molecular flexibility index (Phi) is 3.79. The third-order valence-electron chi connectivity index (χ3n) is 3.47. The number of benzene rings is 2. The fourth-order valence-electron chi connectivity index (χ4n) is 2.35. The van der Waals surface area contributed by atoms with Gasteiger partial charge >= 0.3 is 0 Å². The summed E-state index contributed by atoms with van der Waals surface area (Å²) in [4.78, 5) is 0. The third-order valence-corrected chi connectivity index (χ3v) is 3.47. The fraction of sp³-hybridized carbons (Fsp3) is 0.294. The van der Waals surface area contributed by atoms with E-state index in [9.17, 15) is 5.11 Å². The van der Waals surface area contributed by atoms with E-state index in [1.54, 1.807) is 12.1 Å². The van der Waals surface area contributed by atoms with Gasteiger partial charge in [0.05, 0.1) is 0 Å². The zero-order valence-corrected chi connectivity index (χ0v) is 11.9. The molecule has 1 N–H and O–H groups in total. The molecular weight excluding hydrogens is 236 g/mol. The molecule has 0 spiro atoms. The highest BCUT2D eigenvalue weighted by Crippen LogP contribution is 2.27. The van der Waals surface area contributed by atoms with Crippen molar-refractivity contribution in [2.75, 3.05) is 0 Å². The number of aryl methyl sites for hydroxylation is 3. The van der Waals surface area contributed by atoms with Crippen LogP contribution in [0.1, 0.15) is 27.8 Å². The Labute approximate surface area is 114 Å². The van der Waals surface area contributed by atoms with E-state index in [-0.39, 0.29) is 5.75 Å². The minimum Gasteiger partial charge on any atom is -0.508 e. The molecule has 0 radical (unpaired) electrons. The van der Waals surface area contributed by atoms with E-state index in [0.29, 0.717) is 6.61 Å². The summed E-state index contributed by atoms with van der Waals surface area (Å²) in [6.07, 6.45) is 0. The van der Waals surface area contributed by atoms with Crippen LogP contribution in [0.15, 0.2) is 30.3 Å². The number of ether oxygens (including phenoxy) is 1. The molecule has 0 aliphatic rings. The summed E-state index contributed by atoms with van der Waals surface area (Å²) >= 11 is 0. The van der Waals surface area contributed by atoms with Gasteiger partial charge in [-0.25, -0.2) is 0 Å². The molecule has 0 atom stereocenters. The maximum atomic E-state index is 9.66. The van der Waals surface area contributed by atoms with E-state index in [1.165, 1.54) is 22.3 Å². The largest absolute Gasteiger partial charge is 0.508 e. The van der Waals surface area contributed by atoms with Crippen molar-refractivity contribution in [1.29, 1.82) is 0 Å². The van der Waals surface area contributed by atoms with Crippen molar-refractivity contribution in [3.63, 3.8) is 0 Å². The number of hydrogen-bond donors (Lipinski definition) is 1. The summed E-state index contributed by atoms with van der Waals surface area (Å²) in [7, 11) is 0. The van der Waals surface area contributed by atoms with Gasteiger partial charge in [-0.05, 0) is 56.5 Å². The number of phenolic OH excluding ortho intramolecular Hbond substituents is 1. The van der Waals surface area contributed by atoms with Crippen LogP contribution in [0.5, 0.6) is 11.5 Å². The zero-order chi connectivity index (χ0) is 14.0. The number of hydrogen-bond acceptors (Lipinski definition) is 2. The average Bonchev–Trinajstić information content (AvgIpc) is 2.33. The molecule has 0 unspecified atom stereocenters. The lowest BCUT2D eigenvalue weighted by Gasteiger charge is -2.14. The van der Waals surface area contributed by atoms with E-state index in [2.05, 4.69) is 32.9 Å². The van der Waals surface area contributed by atoms with Crippen LogP contribution in [0, 0.1) is 27.7 Å². The number of rotatable bonds is 3. The Hall–Kier alpha value is -1.96. The molecule has 2 rings (SSSR count). The molecule has 0 heterocycles. The van der Waals surface area contributed by atoms with Gasteiger partial charge in [-0.1, -0.05) is 23.8 Å². The van der Waals surface area contributed by atoms with Gasteiger partial charge in [0.15, 0.2) is 0 Å². The smallest absolute Gasteiger partial charge is 0.126 e. The second kappa shape index (κ2) is 5.35. The normalized spacial score (nSPS) is 10.5. The molecule has 100 valence electrons. The first-order valence-electron chi connectivity index (χ1n) is 6.47. The van der Waals surface area contributed by atoms with Gasteiger partial charge < -0.3 is 9.84 Å². The highest BCUT2D eigenvalue weighted by Gasteiger charge is 2.07. The van der Waals surface area contributed by atoms with Crippen LogP contribution in [0.3, 0.4) is 0 Å². The molecule has 0 aliphatic heterocycles. The first-order chi connectivity index (χ1) is 8.99. The van der Waals surface area contributed by atoms with Crippen molar-refractivity contribution in [1.82, 2.24) is 0 Å². The van der Waals surface area contributed by atoms with Crippen LogP contribution in [-0.4, -0.2) is 5.11 Å². The molecule has 0 aliphatic carbocycles. The lowest BCUT2D eigenvalue weighted by Crippen LogP contribution is -2.02. The van der Waals surface area contributed by atoms with Crippen LogP contribution < -0.4 is 4.74 Å². The summed E-state index contributed by atoms with van der Waals surface area (Å²) in [5, 5.41) is 9.66. The maximum absolute atomic E-state index is 9.66. The highest BCUT2D eigenvalue weighted by atomic mass is 16.5. The molecule has 2 aromatic rings. The molecule has 2 heteroatoms. The lowest BCUT2D eigenvalue weighted by molar-refractivity contribution is 0.300. The van der Waals surface area contributed by atoms with Gasteiger partial charge in [-0.2, -0.15) is 0 Å². The molecule has 0 saturated heterocycles. The Morgan fingerprint density at radius 3 is 2.26 bits per heavy atom. The molecule has 0 aromatic heterocycles. The van der Waals surface area contributed by atoms with E-state index in [1.807, 2.05) is 13.0 Å². The van der Waals surface area contributed by atoms with E-state index in [4.69, 9.17) is 4.74 Å². The Balaban J connectivity index is 2.22. The minimum absolute atomic E-state index is 0.273. The third kappa shape index (κ3) is 2.90. The summed E-state index contributed by atoms with van der Waals surface area (Å²) in [5.74, 6) is 1.01. The van der Waals surface area contributed by atoms with Crippen molar-refractivity contribution >= 4 is 0 Å². The second-order valence-electron chi connectivity index (χ2n) is 5.07. The molecule has 0 amide bonds. The SMILES string of the molecule is Cc1cc(C)c(COc2cccc(O)c2C)c(C)c1. The monoisotopic (exact) mass is 256 g/mol. The van der Waals surface area contributed by atoms with Gasteiger partial charge in [-0.15, -0.1) is 0 Å². The lowest BCUT2D eigenvalue weighted by atomic mass is 10.0. The Morgan fingerprint density at radius 1 is 1.00 bits per heavy atom. The maximum Gasteiger partial charge on any atom is 0.126 e. The number of phenols is 1. The van der Waals surface area contributed by atoms with Crippen molar-refractivity contribution in [2.45, 2.75) is 34.3 Å². The van der Waals surface area contributed by atoms with Gasteiger partial charge in [0, 0.05) is 5.56 Å². The van der Waals surface area contributed by atoms with Crippen molar-refractivity contribution in [3.8, 4) is 11.5 Å². The molecule has 0 fully saturated rings. The Bertz CT molecular complexity index is 577. The van der Waals surface area contributed by atoms with Gasteiger partial charge in [0.2, 0.25) is 0 Å². The van der Waals surface area contributed by atoms with Crippen LogP contribution in [0.4, 0.5) is 0 Å². The standard InChI is InChI=1S/C17H20O2/c1-11-8-12(2)15(13(3)9-11)10-19-17-7-5-6-16(18)14(17)4/h5-9,18H,10H2,1-4H3. The predicted molar refractivity (Wildman–Crippen MR) is 77.8 cm³/mol. The number of aromatic hydroxyl groups is 1. The first-order valence-corrected chi connectivity index (χ1v) is 6.47. The van der Waals surface area contributed by atoms with E-state index < -0.39 is 0 Å². The molecule has 2 aromatic carbocycles. The van der Waals surface area contributed by atoms with Gasteiger partial charge in [0.25, 0.3) is 0 Å². The topological polar surface area (TPSA) is 29.5 Å². The summed E-state index contributed by atoms with van der Waals surface area (Å²) in [6.45, 7) is 8.70. The van der Waals surface area contributed by atoms with Crippen LogP contribution in [-0.2, 0) is 6.61 Å². The highest BCUT2D eigenvalue weighted by molar-refractivity contribution is 5.43. The first kappa shape index (κ1) is 13.5. The van der Waals surface area contributed by atoms with Crippen molar-refractivity contribution < 1.29 is 9.84 Å². The minimum atomic E-state index is 0.273. The predicted octanol–water partition coefficient (Wildman–Crippen LogP) is 4.20.